The van der Waals surface area contributed by atoms with Crippen molar-refractivity contribution < 1.29 is 18.8 Å². The maximum atomic E-state index is 13.6. The SMILES string of the molecule is O=C(COc1ccc(Cl)cc1Cl)N(/N=C/c1ccc([N+](=O)[O-])cc1)c1nc2ccc(F)cc2s1. The third kappa shape index (κ3) is 5.48. The molecule has 0 bridgehead atoms. The summed E-state index contributed by atoms with van der Waals surface area (Å²) in [7, 11) is 0. The molecule has 0 spiro atoms. The number of nitro groups is 1. The lowest BCUT2D eigenvalue weighted by Gasteiger charge is -2.15. The van der Waals surface area contributed by atoms with Crippen LogP contribution in [-0.4, -0.2) is 28.6 Å². The molecule has 0 aliphatic carbocycles. The largest absolute Gasteiger partial charge is 0.482 e. The van der Waals surface area contributed by atoms with E-state index in [0.717, 1.165) is 16.3 Å². The van der Waals surface area contributed by atoms with Crippen molar-refractivity contribution in [3.8, 4) is 5.75 Å². The fraction of sp³-hybridized carbons (Fsp3) is 0.0455. The molecule has 4 rings (SSSR count). The van der Waals surface area contributed by atoms with Crippen LogP contribution in [0.15, 0.2) is 65.8 Å². The zero-order chi connectivity index (χ0) is 24.2. The van der Waals surface area contributed by atoms with E-state index < -0.39 is 23.3 Å². The van der Waals surface area contributed by atoms with Crippen LogP contribution in [0.1, 0.15) is 5.56 Å². The molecule has 0 N–H and O–H groups in total. The molecule has 0 saturated heterocycles. The zero-order valence-electron chi connectivity index (χ0n) is 17.0. The van der Waals surface area contributed by atoms with Crippen LogP contribution in [0.25, 0.3) is 10.2 Å². The number of rotatable bonds is 7. The van der Waals surface area contributed by atoms with E-state index in [2.05, 4.69) is 10.1 Å². The van der Waals surface area contributed by atoms with Crippen molar-refractivity contribution in [1.29, 1.82) is 0 Å². The van der Waals surface area contributed by atoms with Crippen LogP contribution < -0.4 is 9.75 Å². The quantitative estimate of drug-likeness (QED) is 0.167. The number of carbonyl (C=O) groups excluding carboxylic acids is 1. The molecule has 1 aromatic heterocycles. The Hall–Kier alpha value is -3.60. The van der Waals surface area contributed by atoms with Gasteiger partial charge in [0.05, 0.1) is 26.4 Å². The molecule has 0 fully saturated rings. The summed E-state index contributed by atoms with van der Waals surface area (Å²) in [6.07, 6.45) is 1.35. The number of hydrogen-bond donors (Lipinski definition) is 0. The second-order valence-corrected chi connectivity index (χ2v) is 8.62. The summed E-state index contributed by atoms with van der Waals surface area (Å²) in [4.78, 5) is 27.7. The van der Waals surface area contributed by atoms with Crippen LogP contribution in [0, 0.1) is 15.9 Å². The Balaban J connectivity index is 1.62. The lowest BCUT2D eigenvalue weighted by atomic mass is 10.2. The topological polar surface area (TPSA) is 97.9 Å². The van der Waals surface area contributed by atoms with E-state index in [1.807, 2.05) is 0 Å². The predicted octanol–water partition coefficient (Wildman–Crippen LogP) is 6.10. The minimum absolute atomic E-state index is 0.0773. The van der Waals surface area contributed by atoms with Crippen molar-refractivity contribution in [3.63, 3.8) is 0 Å². The van der Waals surface area contributed by atoms with Gasteiger partial charge in [-0.05, 0) is 54.1 Å². The summed E-state index contributed by atoms with van der Waals surface area (Å²) in [5.41, 5.74) is 0.926. The van der Waals surface area contributed by atoms with Crippen LogP contribution in [-0.2, 0) is 4.79 Å². The predicted molar refractivity (Wildman–Crippen MR) is 130 cm³/mol. The second-order valence-electron chi connectivity index (χ2n) is 6.77. The Bertz CT molecular complexity index is 1410. The van der Waals surface area contributed by atoms with Crippen molar-refractivity contribution in [2.45, 2.75) is 0 Å². The van der Waals surface area contributed by atoms with Gasteiger partial charge in [-0.3, -0.25) is 14.9 Å². The maximum Gasteiger partial charge on any atom is 0.287 e. The number of hydrogen-bond acceptors (Lipinski definition) is 7. The van der Waals surface area contributed by atoms with Gasteiger partial charge in [0.25, 0.3) is 11.6 Å². The number of thiazole rings is 1. The fourth-order valence-electron chi connectivity index (χ4n) is 2.80. The molecule has 1 amide bonds. The van der Waals surface area contributed by atoms with Crippen LogP contribution in [0.3, 0.4) is 0 Å². The first-order valence-electron chi connectivity index (χ1n) is 9.55. The molecule has 0 aliphatic heterocycles. The number of carbonyl (C=O) groups is 1. The Morgan fingerprint density at radius 2 is 1.94 bits per heavy atom. The molecule has 0 aliphatic rings. The van der Waals surface area contributed by atoms with Crippen molar-refractivity contribution in [2.24, 2.45) is 5.10 Å². The van der Waals surface area contributed by atoms with Gasteiger partial charge in [0, 0.05) is 17.2 Å². The smallest absolute Gasteiger partial charge is 0.287 e. The van der Waals surface area contributed by atoms with E-state index in [1.165, 1.54) is 60.8 Å². The van der Waals surface area contributed by atoms with Gasteiger partial charge in [-0.15, -0.1) is 0 Å². The molecule has 3 aromatic carbocycles. The normalized spacial score (nSPS) is 11.1. The summed E-state index contributed by atoms with van der Waals surface area (Å²) in [5.74, 6) is -0.760. The highest BCUT2D eigenvalue weighted by Crippen LogP contribution is 2.31. The first-order valence-corrected chi connectivity index (χ1v) is 11.1. The summed E-state index contributed by atoms with van der Waals surface area (Å²) in [5, 5.41) is 16.9. The first kappa shape index (κ1) is 23.6. The van der Waals surface area contributed by atoms with Crippen LogP contribution in [0.5, 0.6) is 5.75 Å². The molecule has 12 heteroatoms. The molecular formula is C22H13Cl2FN4O4S. The number of anilines is 1. The maximum absolute atomic E-state index is 13.6. The first-order chi connectivity index (χ1) is 16.3. The fourth-order valence-corrected chi connectivity index (χ4v) is 4.23. The minimum Gasteiger partial charge on any atom is -0.482 e. The lowest BCUT2D eigenvalue weighted by molar-refractivity contribution is -0.384. The molecule has 0 unspecified atom stereocenters. The van der Waals surface area contributed by atoms with Gasteiger partial charge in [0.2, 0.25) is 5.13 Å². The average Bonchev–Trinajstić information content (AvgIpc) is 3.21. The van der Waals surface area contributed by atoms with Gasteiger partial charge < -0.3 is 4.74 Å². The molecule has 34 heavy (non-hydrogen) atoms. The summed E-state index contributed by atoms with van der Waals surface area (Å²) in [6, 6.07) is 14.3. The number of non-ortho nitro benzene ring substituents is 1. The Kier molecular flexibility index (Phi) is 7.01. The number of ether oxygens (including phenoxy) is 1. The summed E-state index contributed by atoms with van der Waals surface area (Å²) < 4.78 is 19.7. The monoisotopic (exact) mass is 518 g/mol. The summed E-state index contributed by atoms with van der Waals surface area (Å²) >= 11 is 13.0. The molecule has 0 saturated carbocycles. The molecular weight excluding hydrogens is 506 g/mol. The van der Waals surface area contributed by atoms with Crippen LogP contribution in [0.4, 0.5) is 15.2 Å². The number of benzene rings is 3. The molecule has 4 aromatic rings. The van der Waals surface area contributed by atoms with Crippen molar-refractivity contribution in [3.05, 3.63) is 92.2 Å². The number of amides is 1. The Morgan fingerprint density at radius 1 is 1.18 bits per heavy atom. The highest BCUT2D eigenvalue weighted by molar-refractivity contribution is 7.22. The van der Waals surface area contributed by atoms with Gasteiger partial charge >= 0.3 is 0 Å². The number of nitrogens with zero attached hydrogens (tertiary/aromatic N) is 4. The highest BCUT2D eigenvalue weighted by atomic mass is 35.5. The average molecular weight is 519 g/mol. The molecule has 8 nitrogen and oxygen atoms in total. The molecule has 0 radical (unpaired) electrons. The van der Waals surface area contributed by atoms with E-state index in [-0.39, 0.29) is 21.6 Å². The highest BCUT2D eigenvalue weighted by Gasteiger charge is 2.21. The van der Waals surface area contributed by atoms with Crippen LogP contribution >= 0.6 is 34.5 Å². The zero-order valence-corrected chi connectivity index (χ0v) is 19.4. The molecule has 0 atom stereocenters. The Morgan fingerprint density at radius 3 is 2.65 bits per heavy atom. The van der Waals surface area contributed by atoms with E-state index in [1.54, 1.807) is 6.07 Å². The lowest BCUT2D eigenvalue weighted by Crippen LogP contribution is -2.30. The van der Waals surface area contributed by atoms with E-state index in [4.69, 9.17) is 27.9 Å². The standard InChI is InChI=1S/C22H13Cl2FN4O4S/c23-14-3-8-19(17(24)9-14)33-12-21(30)28(22-27-18-7-4-15(25)10-20(18)34-22)26-11-13-1-5-16(6-2-13)29(31)32/h1-11H,12H2/b26-11+. The van der Waals surface area contributed by atoms with Crippen molar-refractivity contribution in [1.82, 2.24) is 4.98 Å². The Labute approximate surface area is 206 Å². The van der Waals surface area contributed by atoms with E-state index >= 15 is 0 Å². The van der Waals surface area contributed by atoms with Crippen LogP contribution in [0.2, 0.25) is 10.0 Å². The number of nitro benzene ring substituents is 1. The second kappa shape index (κ2) is 10.1. The number of hydrazone groups is 1. The number of fused-ring (bicyclic) bond motifs is 1. The van der Waals surface area contributed by atoms with Gasteiger partial charge in [0.15, 0.2) is 6.61 Å². The van der Waals surface area contributed by atoms with Gasteiger partial charge in [-0.2, -0.15) is 10.1 Å². The van der Waals surface area contributed by atoms with Crippen molar-refractivity contribution >= 4 is 67.7 Å². The molecule has 172 valence electrons. The van der Waals surface area contributed by atoms with Gasteiger partial charge in [-0.25, -0.2) is 9.37 Å². The third-order valence-corrected chi connectivity index (χ3v) is 5.95. The van der Waals surface area contributed by atoms with Crippen molar-refractivity contribution in [2.75, 3.05) is 11.6 Å². The molecule has 1 heterocycles. The van der Waals surface area contributed by atoms with Gasteiger partial charge in [-0.1, -0.05) is 34.5 Å². The minimum atomic E-state index is -0.580. The number of aromatic nitrogens is 1. The number of halogens is 3. The summed E-state index contributed by atoms with van der Waals surface area (Å²) in [6.45, 7) is -0.427. The van der Waals surface area contributed by atoms with E-state index in [0.29, 0.717) is 20.8 Å². The van der Waals surface area contributed by atoms with Gasteiger partial charge in [0.1, 0.15) is 11.6 Å². The van der Waals surface area contributed by atoms with E-state index in [9.17, 15) is 19.3 Å². The third-order valence-electron chi connectivity index (χ3n) is 4.43.